The van der Waals surface area contributed by atoms with Crippen molar-refractivity contribution in [2.45, 2.75) is 51.1 Å². The van der Waals surface area contributed by atoms with E-state index in [2.05, 4.69) is 23.8 Å². The van der Waals surface area contributed by atoms with E-state index < -0.39 is 0 Å². The summed E-state index contributed by atoms with van der Waals surface area (Å²) in [4.78, 5) is 29.0. The summed E-state index contributed by atoms with van der Waals surface area (Å²) < 4.78 is 1.65. The van der Waals surface area contributed by atoms with E-state index in [1.54, 1.807) is 10.7 Å². The molecule has 4 heterocycles. The molecular weight excluding hydrogens is 336 g/mol. The van der Waals surface area contributed by atoms with Crippen molar-refractivity contribution in [2.75, 3.05) is 25.4 Å². The molecule has 1 aromatic heterocycles. The Kier molecular flexibility index (Phi) is 4.62. The van der Waals surface area contributed by atoms with Gasteiger partial charge in [-0.15, -0.1) is 0 Å². The first-order chi connectivity index (χ1) is 12.0. The molecule has 2 fully saturated rings. The lowest BCUT2D eigenvalue weighted by atomic mass is 9.97. The molecule has 25 heavy (non-hydrogen) atoms. The minimum Gasteiger partial charge on any atom is -0.339 e. The van der Waals surface area contributed by atoms with Crippen molar-refractivity contribution in [3.8, 4) is 0 Å². The Balaban J connectivity index is 1.36. The number of nitrogens with zero attached hydrogens (tertiary/aromatic N) is 4. The molecule has 0 aromatic carbocycles. The predicted octanol–water partition coefficient (Wildman–Crippen LogP) is 0.974. The molecule has 0 radical (unpaired) electrons. The van der Waals surface area contributed by atoms with E-state index in [9.17, 15) is 9.59 Å². The Bertz CT molecular complexity index is 726. The molecule has 0 spiro atoms. The maximum atomic E-state index is 12.5. The number of likely N-dealkylation sites (tertiary alicyclic amines) is 2. The van der Waals surface area contributed by atoms with Crippen LogP contribution in [0.5, 0.6) is 0 Å². The minimum atomic E-state index is 0.0163. The zero-order chi connectivity index (χ0) is 17.6. The molecule has 0 N–H and O–H groups in total. The van der Waals surface area contributed by atoms with Gasteiger partial charge in [0.15, 0.2) is 0 Å². The molecular formula is C18H26N4O2S. The maximum Gasteiger partial charge on any atom is 0.267 e. The smallest absolute Gasteiger partial charge is 0.267 e. The highest BCUT2D eigenvalue weighted by Crippen LogP contribution is 2.27. The number of carbonyl (C=O) groups excluding carboxylic acids is 1. The molecule has 0 aliphatic carbocycles. The molecule has 3 aliphatic heterocycles. The van der Waals surface area contributed by atoms with Crippen LogP contribution in [0.2, 0.25) is 0 Å². The number of amides is 1. The summed E-state index contributed by atoms with van der Waals surface area (Å²) in [5.41, 5.74) is 2.22. The summed E-state index contributed by atoms with van der Waals surface area (Å²) in [7, 11) is 0. The van der Waals surface area contributed by atoms with Gasteiger partial charge in [-0.3, -0.25) is 14.5 Å². The van der Waals surface area contributed by atoms with Crippen LogP contribution in [0.15, 0.2) is 10.9 Å². The normalized spacial score (nSPS) is 24.7. The van der Waals surface area contributed by atoms with Crippen molar-refractivity contribution >= 4 is 17.7 Å². The Morgan fingerprint density at radius 1 is 1.32 bits per heavy atom. The minimum absolute atomic E-state index is 0.0163. The first-order valence-corrected chi connectivity index (χ1v) is 10.4. The van der Waals surface area contributed by atoms with Crippen molar-refractivity contribution in [3.63, 3.8) is 0 Å². The van der Waals surface area contributed by atoms with E-state index in [4.69, 9.17) is 0 Å². The lowest BCUT2D eigenvalue weighted by Gasteiger charge is -2.42. The number of carbonyl (C=O) groups is 1. The number of aryl methyl sites for hydroxylation is 1. The van der Waals surface area contributed by atoms with Crippen molar-refractivity contribution in [1.82, 2.24) is 19.6 Å². The molecule has 136 valence electrons. The van der Waals surface area contributed by atoms with Crippen LogP contribution in [0.1, 0.15) is 31.5 Å². The largest absolute Gasteiger partial charge is 0.339 e. The Morgan fingerprint density at radius 3 is 2.84 bits per heavy atom. The summed E-state index contributed by atoms with van der Waals surface area (Å²) in [6, 6.07) is 2.10. The van der Waals surface area contributed by atoms with Crippen molar-refractivity contribution < 1.29 is 4.79 Å². The number of aromatic nitrogens is 2. The molecule has 1 unspecified atom stereocenters. The molecule has 7 heteroatoms. The van der Waals surface area contributed by atoms with Gasteiger partial charge in [0, 0.05) is 49.8 Å². The van der Waals surface area contributed by atoms with Gasteiger partial charge in [-0.1, -0.05) is 0 Å². The van der Waals surface area contributed by atoms with Gasteiger partial charge < -0.3 is 4.90 Å². The lowest BCUT2D eigenvalue weighted by molar-refractivity contribution is -0.135. The van der Waals surface area contributed by atoms with Gasteiger partial charge in [-0.05, 0) is 31.6 Å². The van der Waals surface area contributed by atoms with Crippen LogP contribution in [-0.4, -0.2) is 63.0 Å². The summed E-state index contributed by atoms with van der Waals surface area (Å²) in [6.07, 6.45) is 1.89. The summed E-state index contributed by atoms with van der Waals surface area (Å²) in [5.74, 6) is 2.69. The number of hydrogen-bond donors (Lipinski definition) is 0. The molecule has 6 nitrogen and oxygen atoms in total. The first-order valence-electron chi connectivity index (χ1n) is 9.25. The molecule has 1 atom stereocenters. The Morgan fingerprint density at radius 2 is 2.12 bits per heavy atom. The second-order valence-corrected chi connectivity index (χ2v) is 8.79. The zero-order valence-electron chi connectivity index (χ0n) is 15.0. The van der Waals surface area contributed by atoms with E-state index in [1.165, 1.54) is 0 Å². The van der Waals surface area contributed by atoms with Gasteiger partial charge in [0.1, 0.15) is 0 Å². The highest BCUT2D eigenvalue weighted by molar-refractivity contribution is 7.98. The van der Waals surface area contributed by atoms with Gasteiger partial charge in [0.05, 0.1) is 18.3 Å². The average Bonchev–Trinajstić information content (AvgIpc) is 2.92. The zero-order valence-corrected chi connectivity index (χ0v) is 15.8. The Hall–Kier alpha value is -1.34. The second-order valence-electron chi connectivity index (χ2n) is 7.69. The van der Waals surface area contributed by atoms with Gasteiger partial charge in [-0.2, -0.15) is 16.9 Å². The van der Waals surface area contributed by atoms with Gasteiger partial charge in [0.25, 0.3) is 5.56 Å². The summed E-state index contributed by atoms with van der Waals surface area (Å²) in [5, 5.41) is 4.60. The van der Waals surface area contributed by atoms with Crippen LogP contribution >= 0.6 is 11.8 Å². The Labute approximate surface area is 152 Å². The van der Waals surface area contributed by atoms with Crippen LogP contribution in [-0.2, 0) is 23.5 Å². The van der Waals surface area contributed by atoms with E-state index in [-0.39, 0.29) is 23.6 Å². The van der Waals surface area contributed by atoms with Gasteiger partial charge in [0.2, 0.25) is 5.91 Å². The van der Waals surface area contributed by atoms with E-state index in [0.717, 1.165) is 55.2 Å². The van der Waals surface area contributed by atoms with Crippen LogP contribution in [0.4, 0.5) is 0 Å². The third kappa shape index (κ3) is 3.24. The number of thioether (sulfide) groups is 1. The third-order valence-electron chi connectivity index (χ3n) is 5.60. The van der Waals surface area contributed by atoms with Gasteiger partial charge >= 0.3 is 0 Å². The predicted molar refractivity (Wildman–Crippen MR) is 98.7 cm³/mol. The summed E-state index contributed by atoms with van der Waals surface area (Å²) in [6.45, 7) is 7.47. The van der Waals surface area contributed by atoms with Crippen molar-refractivity contribution in [2.24, 2.45) is 5.92 Å². The summed E-state index contributed by atoms with van der Waals surface area (Å²) >= 11 is 1.87. The standard InChI is InChI=1S/C18H26N4O2S/c1-12(2)21-5-3-16(18(21)24)20-8-13(9-20)10-22-17(23)7-14-11-25-6-4-15(14)19-22/h7,12-13,16H,3-6,8-11H2,1-2H3. The fraction of sp³-hybridized carbons (Fsp3) is 0.722. The fourth-order valence-corrected chi connectivity index (χ4v) is 5.10. The quantitative estimate of drug-likeness (QED) is 0.799. The van der Waals surface area contributed by atoms with E-state index in [0.29, 0.717) is 12.5 Å². The monoisotopic (exact) mass is 362 g/mol. The SMILES string of the molecule is CC(C)N1CCC(N2CC(Cn3nc4c(cc3=O)CSCC4)C2)C1=O. The second kappa shape index (κ2) is 6.76. The maximum absolute atomic E-state index is 12.5. The number of rotatable bonds is 4. The molecule has 1 amide bonds. The van der Waals surface area contributed by atoms with Crippen LogP contribution in [0.25, 0.3) is 0 Å². The lowest BCUT2D eigenvalue weighted by Crippen LogP contribution is -2.56. The van der Waals surface area contributed by atoms with Crippen LogP contribution in [0.3, 0.4) is 0 Å². The number of fused-ring (bicyclic) bond motifs is 1. The average molecular weight is 362 g/mol. The topological polar surface area (TPSA) is 58.4 Å². The molecule has 2 saturated heterocycles. The first kappa shape index (κ1) is 17.1. The molecule has 3 aliphatic rings. The van der Waals surface area contributed by atoms with Crippen LogP contribution < -0.4 is 5.56 Å². The molecule has 1 aromatic rings. The van der Waals surface area contributed by atoms with Crippen LogP contribution in [0, 0.1) is 5.92 Å². The molecule has 0 saturated carbocycles. The van der Waals surface area contributed by atoms with Crippen molar-refractivity contribution in [1.29, 1.82) is 0 Å². The third-order valence-corrected chi connectivity index (χ3v) is 6.61. The molecule has 0 bridgehead atoms. The van der Waals surface area contributed by atoms with Crippen molar-refractivity contribution in [3.05, 3.63) is 27.7 Å². The number of hydrogen-bond acceptors (Lipinski definition) is 5. The highest BCUT2D eigenvalue weighted by atomic mass is 32.2. The fourth-order valence-electron chi connectivity index (χ4n) is 4.15. The van der Waals surface area contributed by atoms with E-state index >= 15 is 0 Å². The van der Waals surface area contributed by atoms with Gasteiger partial charge in [-0.25, -0.2) is 4.68 Å². The highest BCUT2D eigenvalue weighted by Gasteiger charge is 2.42. The molecule has 4 rings (SSSR count). The van der Waals surface area contributed by atoms with E-state index in [1.807, 2.05) is 16.7 Å².